The zero-order valence-corrected chi connectivity index (χ0v) is 15.2. The lowest BCUT2D eigenvalue weighted by molar-refractivity contribution is 0.0988. The fraction of sp³-hybridized carbons (Fsp3) is 0.278. The van der Waals surface area contributed by atoms with Crippen molar-refractivity contribution in [1.29, 1.82) is 0 Å². The third-order valence-corrected chi connectivity index (χ3v) is 5.16. The molecule has 3 aromatic rings. The van der Waals surface area contributed by atoms with E-state index in [2.05, 4.69) is 16.0 Å². The Balaban J connectivity index is 1.90. The average Bonchev–Trinajstić information content (AvgIpc) is 3.13. The summed E-state index contributed by atoms with van der Waals surface area (Å²) < 4.78 is 15.6. The molecule has 132 valence electrons. The van der Waals surface area contributed by atoms with Crippen molar-refractivity contribution in [1.82, 2.24) is 14.3 Å². The van der Waals surface area contributed by atoms with E-state index < -0.39 is 0 Å². The number of aryl methyl sites for hydroxylation is 2. The molecule has 7 nitrogen and oxygen atoms in total. The van der Waals surface area contributed by atoms with Crippen molar-refractivity contribution in [3.05, 3.63) is 34.4 Å². The van der Waals surface area contributed by atoms with Gasteiger partial charge in [0.1, 0.15) is 18.9 Å². The Labute approximate surface area is 153 Å². The summed E-state index contributed by atoms with van der Waals surface area (Å²) in [7, 11) is 1.72. The summed E-state index contributed by atoms with van der Waals surface area (Å²) in [6.45, 7) is 3.16. The maximum atomic E-state index is 12.7. The Kier molecular flexibility index (Phi) is 4.01. The summed E-state index contributed by atoms with van der Waals surface area (Å²) >= 11 is 1.39. The molecule has 1 aliphatic heterocycles. The average molecular weight is 368 g/mol. The largest absolute Gasteiger partial charge is 0.486 e. The molecule has 26 heavy (non-hydrogen) atoms. The van der Waals surface area contributed by atoms with Crippen molar-refractivity contribution >= 4 is 27.5 Å². The van der Waals surface area contributed by atoms with Crippen LogP contribution < -0.4 is 14.3 Å². The summed E-state index contributed by atoms with van der Waals surface area (Å²) in [6, 6.07) is 3.79. The van der Waals surface area contributed by atoms with Crippen LogP contribution in [0.2, 0.25) is 0 Å². The van der Waals surface area contributed by atoms with Crippen LogP contribution in [0.3, 0.4) is 0 Å². The van der Waals surface area contributed by atoms with E-state index in [1.54, 1.807) is 13.2 Å². The summed E-state index contributed by atoms with van der Waals surface area (Å²) in [5.41, 5.74) is 2.11. The van der Waals surface area contributed by atoms with Gasteiger partial charge in [0.25, 0.3) is 5.91 Å². The first-order valence-electron chi connectivity index (χ1n) is 8.02. The van der Waals surface area contributed by atoms with Gasteiger partial charge >= 0.3 is 0 Å². The van der Waals surface area contributed by atoms with Crippen LogP contribution in [0.15, 0.2) is 23.3 Å². The molecule has 1 amide bonds. The molecular formula is C18H16N4O3S. The van der Waals surface area contributed by atoms with E-state index >= 15 is 0 Å². The first-order valence-corrected chi connectivity index (χ1v) is 8.84. The quantitative estimate of drug-likeness (QED) is 0.648. The second-order valence-electron chi connectivity index (χ2n) is 5.86. The zero-order chi connectivity index (χ0) is 18.3. The highest BCUT2D eigenvalue weighted by molar-refractivity contribution is 7.16. The van der Waals surface area contributed by atoms with Crippen molar-refractivity contribution in [2.24, 2.45) is 12.0 Å². The van der Waals surface area contributed by atoms with Crippen LogP contribution in [0.25, 0.3) is 10.2 Å². The van der Waals surface area contributed by atoms with E-state index in [0.717, 1.165) is 15.8 Å². The number of fused-ring (bicyclic) bond motifs is 2. The molecular weight excluding hydrogens is 352 g/mol. The van der Waals surface area contributed by atoms with E-state index in [-0.39, 0.29) is 5.91 Å². The molecule has 0 fully saturated rings. The molecule has 0 radical (unpaired) electrons. The van der Waals surface area contributed by atoms with Crippen LogP contribution in [0.5, 0.6) is 11.5 Å². The van der Waals surface area contributed by atoms with Gasteiger partial charge in [-0.05, 0) is 6.92 Å². The minimum atomic E-state index is -0.350. The number of ether oxygens (including phenoxy) is 2. The fourth-order valence-corrected chi connectivity index (χ4v) is 3.97. The molecule has 0 N–H and O–H groups in total. The molecule has 8 heteroatoms. The number of thiazole rings is 1. The number of nitrogens with zero attached hydrogens (tertiary/aromatic N) is 4. The molecule has 0 bridgehead atoms. The first kappa shape index (κ1) is 16.4. The van der Waals surface area contributed by atoms with Crippen LogP contribution in [0, 0.1) is 19.3 Å². The Morgan fingerprint density at radius 3 is 2.77 bits per heavy atom. The van der Waals surface area contributed by atoms with Gasteiger partial charge in [-0.2, -0.15) is 10.1 Å². The number of benzene rings is 1. The Bertz CT molecular complexity index is 1110. The minimum absolute atomic E-state index is 0.302. The van der Waals surface area contributed by atoms with Crippen LogP contribution in [-0.2, 0) is 13.6 Å². The van der Waals surface area contributed by atoms with Crippen molar-refractivity contribution < 1.29 is 14.3 Å². The molecule has 0 spiro atoms. The minimum Gasteiger partial charge on any atom is -0.486 e. The normalized spacial score (nSPS) is 13.8. The predicted molar refractivity (Wildman–Crippen MR) is 97.5 cm³/mol. The first-order chi connectivity index (χ1) is 12.6. The summed E-state index contributed by atoms with van der Waals surface area (Å²) in [6.07, 6.45) is 7.17. The van der Waals surface area contributed by atoms with E-state index in [0.29, 0.717) is 41.8 Å². The van der Waals surface area contributed by atoms with Gasteiger partial charge in [0.2, 0.25) is 0 Å². The highest BCUT2D eigenvalue weighted by atomic mass is 32.1. The SMILES string of the molecule is C#CCn1c(=NC(=O)c2c(C)cnn2C)sc2cc3c(cc21)OCCO3. The molecule has 0 saturated heterocycles. The van der Waals surface area contributed by atoms with Gasteiger partial charge in [-0.3, -0.25) is 9.48 Å². The van der Waals surface area contributed by atoms with Crippen molar-refractivity contribution in [2.75, 3.05) is 13.2 Å². The molecule has 3 heterocycles. The molecule has 0 unspecified atom stereocenters. The van der Waals surface area contributed by atoms with Gasteiger partial charge in [0.05, 0.1) is 23.0 Å². The van der Waals surface area contributed by atoms with Gasteiger partial charge < -0.3 is 14.0 Å². The maximum Gasteiger partial charge on any atom is 0.298 e. The highest BCUT2D eigenvalue weighted by Gasteiger charge is 2.18. The maximum absolute atomic E-state index is 12.7. The zero-order valence-electron chi connectivity index (χ0n) is 14.4. The predicted octanol–water partition coefficient (Wildman–Crippen LogP) is 1.89. The number of carbonyl (C=O) groups is 1. The topological polar surface area (TPSA) is 70.6 Å². The Hall–Kier alpha value is -3.05. The van der Waals surface area contributed by atoms with Gasteiger partial charge in [-0.15, -0.1) is 6.42 Å². The third-order valence-electron chi connectivity index (χ3n) is 4.12. The van der Waals surface area contributed by atoms with Crippen LogP contribution in [0.4, 0.5) is 0 Å². The van der Waals surface area contributed by atoms with Gasteiger partial charge in [-0.25, -0.2) is 0 Å². The Morgan fingerprint density at radius 2 is 2.12 bits per heavy atom. The Morgan fingerprint density at radius 1 is 1.38 bits per heavy atom. The summed E-state index contributed by atoms with van der Waals surface area (Å²) in [4.78, 5) is 17.5. The number of carbonyl (C=O) groups excluding carboxylic acids is 1. The number of amides is 1. The van der Waals surface area contributed by atoms with Crippen LogP contribution in [-0.4, -0.2) is 33.5 Å². The van der Waals surface area contributed by atoms with Crippen LogP contribution in [0.1, 0.15) is 16.1 Å². The van der Waals surface area contributed by atoms with E-state index in [9.17, 15) is 4.79 Å². The third kappa shape index (κ3) is 2.66. The smallest absolute Gasteiger partial charge is 0.298 e. The summed E-state index contributed by atoms with van der Waals surface area (Å²) in [5.74, 6) is 3.64. The lowest BCUT2D eigenvalue weighted by Gasteiger charge is -2.18. The van der Waals surface area contributed by atoms with Gasteiger partial charge in [-0.1, -0.05) is 17.3 Å². The number of hydrogen-bond acceptors (Lipinski definition) is 5. The second-order valence-corrected chi connectivity index (χ2v) is 6.86. The second kappa shape index (κ2) is 6.35. The molecule has 0 atom stereocenters. The van der Waals surface area contributed by atoms with E-state index in [4.69, 9.17) is 15.9 Å². The van der Waals surface area contributed by atoms with Crippen LogP contribution >= 0.6 is 11.3 Å². The highest BCUT2D eigenvalue weighted by Crippen LogP contribution is 2.35. The standard InChI is InChI=1S/C18H16N4O3S/c1-4-5-22-12-8-13-14(25-7-6-24-13)9-15(12)26-18(22)20-17(23)16-11(2)10-19-21(16)3/h1,8-10H,5-7H2,2-3H3. The number of terminal acetylenes is 1. The van der Waals surface area contributed by atoms with Gasteiger partial charge in [0, 0.05) is 24.7 Å². The number of hydrogen-bond donors (Lipinski definition) is 0. The molecule has 2 aromatic heterocycles. The van der Waals surface area contributed by atoms with E-state index in [1.165, 1.54) is 16.0 Å². The van der Waals surface area contributed by atoms with E-state index in [1.807, 2.05) is 23.6 Å². The molecule has 4 rings (SSSR count). The molecule has 0 saturated carbocycles. The fourth-order valence-electron chi connectivity index (χ4n) is 2.93. The lowest BCUT2D eigenvalue weighted by Crippen LogP contribution is -2.18. The molecule has 1 aromatic carbocycles. The molecule has 0 aliphatic carbocycles. The number of aromatic nitrogens is 3. The van der Waals surface area contributed by atoms with Crippen molar-refractivity contribution in [3.63, 3.8) is 0 Å². The number of rotatable bonds is 2. The lowest BCUT2D eigenvalue weighted by atomic mass is 10.2. The van der Waals surface area contributed by atoms with Crippen molar-refractivity contribution in [3.8, 4) is 23.8 Å². The monoisotopic (exact) mass is 368 g/mol. The van der Waals surface area contributed by atoms with Gasteiger partial charge in [0.15, 0.2) is 16.3 Å². The summed E-state index contributed by atoms with van der Waals surface area (Å²) in [5, 5.41) is 4.10. The molecule has 1 aliphatic rings. The van der Waals surface area contributed by atoms with Crippen molar-refractivity contribution in [2.45, 2.75) is 13.5 Å².